The Morgan fingerprint density at radius 2 is 1.76 bits per heavy atom. The van der Waals surface area contributed by atoms with Gasteiger partial charge in [-0.1, -0.05) is 18.2 Å². The summed E-state index contributed by atoms with van der Waals surface area (Å²) in [5, 5.41) is 10.2. The van der Waals surface area contributed by atoms with Crippen molar-refractivity contribution in [2.45, 2.75) is 31.3 Å². The van der Waals surface area contributed by atoms with Gasteiger partial charge in [0.1, 0.15) is 34.4 Å². The first kappa shape index (κ1) is 17.7. The van der Waals surface area contributed by atoms with E-state index in [1.807, 2.05) is 72.1 Å². The average molecular weight is 386 g/mol. The topological polar surface area (TPSA) is 85.7 Å². The molecule has 2 heterocycles. The Labute approximate surface area is 168 Å². The number of imidazole rings is 1. The second kappa shape index (κ2) is 6.60. The minimum atomic E-state index is -0.619. The summed E-state index contributed by atoms with van der Waals surface area (Å²) in [4.78, 5) is 9.17. The van der Waals surface area contributed by atoms with Crippen molar-refractivity contribution < 1.29 is 9.84 Å². The number of nitrogens with two attached hydrogens (primary N) is 1. The van der Waals surface area contributed by atoms with Gasteiger partial charge in [-0.2, -0.15) is 0 Å². The van der Waals surface area contributed by atoms with Gasteiger partial charge in [-0.05, 0) is 56.2 Å². The number of fused-ring (bicyclic) bond motifs is 1. The number of nitrogens with zero attached hydrogens (tertiary/aromatic N) is 3. The van der Waals surface area contributed by atoms with Gasteiger partial charge in [0.05, 0.1) is 5.60 Å². The minimum absolute atomic E-state index is 0.203. The molecule has 1 saturated carbocycles. The van der Waals surface area contributed by atoms with E-state index in [0.717, 1.165) is 34.1 Å². The number of hydrogen-bond acceptors (Lipinski definition) is 5. The maximum atomic E-state index is 10.2. The summed E-state index contributed by atoms with van der Waals surface area (Å²) in [6.45, 7) is 1.86. The molecule has 6 nitrogen and oxygen atoms in total. The smallest absolute Gasteiger partial charge is 0.150 e. The van der Waals surface area contributed by atoms with E-state index in [9.17, 15) is 5.11 Å². The van der Waals surface area contributed by atoms with E-state index in [1.165, 1.54) is 0 Å². The van der Waals surface area contributed by atoms with Gasteiger partial charge in [0.15, 0.2) is 0 Å². The number of aliphatic hydroxyl groups is 1. The van der Waals surface area contributed by atoms with Crippen LogP contribution in [0.3, 0.4) is 0 Å². The van der Waals surface area contributed by atoms with Crippen LogP contribution in [0.25, 0.3) is 16.8 Å². The summed E-state index contributed by atoms with van der Waals surface area (Å²) in [6.07, 6.45) is 4.96. The van der Waals surface area contributed by atoms with E-state index < -0.39 is 5.60 Å². The Kier molecular flexibility index (Phi) is 4.03. The third-order valence-corrected chi connectivity index (χ3v) is 5.45. The van der Waals surface area contributed by atoms with Crippen molar-refractivity contribution in [2.75, 3.05) is 5.73 Å². The molecule has 0 radical (unpaired) electrons. The predicted octanol–water partition coefficient (Wildman–Crippen LogP) is 4.40. The van der Waals surface area contributed by atoms with Gasteiger partial charge < -0.3 is 15.6 Å². The van der Waals surface area contributed by atoms with Crippen LogP contribution in [0.15, 0.2) is 67.0 Å². The lowest BCUT2D eigenvalue weighted by molar-refractivity contribution is -0.0335. The molecule has 2 aromatic carbocycles. The van der Waals surface area contributed by atoms with Crippen LogP contribution in [0.2, 0.25) is 0 Å². The van der Waals surface area contributed by atoms with Gasteiger partial charge in [0.25, 0.3) is 0 Å². The Morgan fingerprint density at radius 3 is 2.45 bits per heavy atom. The summed E-state index contributed by atoms with van der Waals surface area (Å²) < 4.78 is 7.89. The van der Waals surface area contributed by atoms with Crippen molar-refractivity contribution in [3.63, 3.8) is 0 Å². The van der Waals surface area contributed by atoms with Gasteiger partial charge in [0.2, 0.25) is 0 Å². The lowest BCUT2D eigenvalue weighted by Crippen LogP contribution is -2.40. The highest BCUT2D eigenvalue weighted by Gasteiger charge is 2.41. The first-order chi connectivity index (χ1) is 14.0. The largest absolute Gasteiger partial charge is 0.457 e. The van der Waals surface area contributed by atoms with E-state index >= 15 is 0 Å². The van der Waals surface area contributed by atoms with Crippen LogP contribution < -0.4 is 10.5 Å². The number of hydrogen-bond donors (Lipinski definition) is 2. The first-order valence-electron chi connectivity index (χ1n) is 9.68. The predicted molar refractivity (Wildman–Crippen MR) is 112 cm³/mol. The number of benzene rings is 2. The van der Waals surface area contributed by atoms with Crippen molar-refractivity contribution in [1.82, 2.24) is 14.4 Å². The molecule has 0 spiro atoms. The van der Waals surface area contributed by atoms with Crippen LogP contribution in [0.5, 0.6) is 11.5 Å². The van der Waals surface area contributed by atoms with Crippen LogP contribution in [0.4, 0.5) is 5.82 Å². The van der Waals surface area contributed by atoms with Crippen LogP contribution in [0.1, 0.15) is 31.5 Å². The molecule has 0 amide bonds. The molecule has 2 aromatic heterocycles. The van der Waals surface area contributed by atoms with Crippen molar-refractivity contribution >= 4 is 11.3 Å². The van der Waals surface area contributed by atoms with Crippen LogP contribution in [-0.2, 0) is 0 Å². The number of nitrogen functional groups attached to an aromatic ring is 1. The van der Waals surface area contributed by atoms with Crippen LogP contribution >= 0.6 is 0 Å². The first-order valence-corrected chi connectivity index (χ1v) is 9.68. The third kappa shape index (κ3) is 3.21. The molecule has 6 heteroatoms. The van der Waals surface area contributed by atoms with E-state index in [4.69, 9.17) is 15.5 Å². The fourth-order valence-electron chi connectivity index (χ4n) is 4.07. The third-order valence-electron chi connectivity index (χ3n) is 5.45. The van der Waals surface area contributed by atoms with Crippen LogP contribution in [0, 0.1) is 0 Å². The molecule has 1 fully saturated rings. The van der Waals surface area contributed by atoms with Gasteiger partial charge >= 0.3 is 0 Å². The van der Waals surface area contributed by atoms with E-state index in [1.54, 1.807) is 6.20 Å². The highest BCUT2D eigenvalue weighted by atomic mass is 16.5. The van der Waals surface area contributed by atoms with Gasteiger partial charge in [-0.25, -0.2) is 9.97 Å². The lowest BCUT2D eigenvalue weighted by Gasteiger charge is -2.40. The molecule has 29 heavy (non-hydrogen) atoms. The number of para-hydroxylation sites is 1. The fraction of sp³-hybridized carbons (Fsp3) is 0.217. The zero-order valence-electron chi connectivity index (χ0n) is 16.1. The molecular weight excluding hydrogens is 364 g/mol. The molecule has 4 aromatic rings. The second-order valence-corrected chi connectivity index (χ2v) is 7.89. The maximum Gasteiger partial charge on any atom is 0.150 e. The van der Waals surface area contributed by atoms with E-state index in [0.29, 0.717) is 18.7 Å². The summed E-state index contributed by atoms with van der Waals surface area (Å²) in [5.74, 6) is 3.11. The standard InChI is InChI=1S/C23H22N4O2/c1-23(28)13-16(14-23)22-26-19(20-21(24)25-11-12-27(20)22)15-7-9-18(10-8-15)29-17-5-3-2-4-6-17/h2-12,16,28H,13-14H2,1H3,(H2,24,25)/t16-,23+. The SMILES string of the molecule is C[C@]1(O)C[C@@H](c2nc(-c3ccc(Oc4ccccc4)cc3)c3c(N)nccn32)C1. The Bertz CT molecular complexity index is 1160. The highest BCUT2D eigenvalue weighted by molar-refractivity contribution is 5.85. The quantitative estimate of drug-likeness (QED) is 0.543. The summed E-state index contributed by atoms with van der Waals surface area (Å²) >= 11 is 0. The second-order valence-electron chi connectivity index (χ2n) is 7.89. The van der Waals surface area contributed by atoms with Gasteiger partial charge in [-0.3, -0.25) is 4.40 Å². The zero-order valence-corrected chi connectivity index (χ0v) is 16.1. The number of anilines is 1. The van der Waals surface area contributed by atoms with Crippen molar-refractivity contribution in [2.24, 2.45) is 0 Å². The molecule has 0 bridgehead atoms. The number of ether oxygens (including phenoxy) is 1. The fourth-order valence-corrected chi connectivity index (χ4v) is 4.07. The Morgan fingerprint density at radius 1 is 1.07 bits per heavy atom. The molecule has 3 N–H and O–H groups in total. The monoisotopic (exact) mass is 386 g/mol. The summed E-state index contributed by atoms with van der Waals surface area (Å²) in [6, 6.07) is 17.5. The molecule has 0 aliphatic heterocycles. The molecule has 1 aliphatic rings. The summed E-state index contributed by atoms with van der Waals surface area (Å²) in [5.41, 5.74) is 8.12. The highest BCUT2D eigenvalue weighted by Crippen LogP contribution is 2.45. The number of rotatable bonds is 4. The van der Waals surface area contributed by atoms with E-state index in [-0.39, 0.29) is 5.92 Å². The minimum Gasteiger partial charge on any atom is -0.457 e. The molecule has 5 rings (SSSR count). The van der Waals surface area contributed by atoms with Crippen molar-refractivity contribution in [1.29, 1.82) is 0 Å². The molecular formula is C23H22N4O2. The van der Waals surface area contributed by atoms with Crippen LogP contribution in [-0.4, -0.2) is 25.1 Å². The molecule has 1 aliphatic carbocycles. The molecule has 0 saturated heterocycles. The van der Waals surface area contributed by atoms with Crippen molar-refractivity contribution in [3.8, 4) is 22.8 Å². The molecule has 0 atom stereocenters. The molecule has 0 unspecified atom stereocenters. The molecule has 146 valence electrons. The Balaban J connectivity index is 1.51. The normalized spacial score (nSPS) is 21.1. The van der Waals surface area contributed by atoms with Crippen molar-refractivity contribution in [3.05, 3.63) is 72.8 Å². The maximum absolute atomic E-state index is 10.2. The number of aromatic nitrogens is 3. The van der Waals surface area contributed by atoms with Gasteiger partial charge in [0, 0.05) is 23.9 Å². The van der Waals surface area contributed by atoms with Gasteiger partial charge in [-0.15, -0.1) is 0 Å². The lowest BCUT2D eigenvalue weighted by atomic mass is 9.72. The Hall–Kier alpha value is -3.38. The summed E-state index contributed by atoms with van der Waals surface area (Å²) in [7, 11) is 0. The zero-order chi connectivity index (χ0) is 20.0. The van der Waals surface area contributed by atoms with E-state index in [2.05, 4.69) is 4.98 Å². The average Bonchev–Trinajstić information content (AvgIpc) is 3.08.